The van der Waals surface area contributed by atoms with Gasteiger partial charge >= 0.3 is 10.2 Å². The van der Waals surface area contributed by atoms with Gasteiger partial charge in [-0.15, -0.1) is 0 Å². The summed E-state index contributed by atoms with van der Waals surface area (Å²) in [5, 5.41) is 0. The molecule has 0 unspecified atom stereocenters. The van der Waals surface area contributed by atoms with E-state index in [0.29, 0.717) is 11.4 Å². The molecule has 1 aliphatic heterocycles. The third kappa shape index (κ3) is 1.83. The first-order valence-electron chi connectivity index (χ1n) is 5.12. The topological polar surface area (TPSA) is 57.7 Å². The Morgan fingerprint density at radius 3 is 2.28 bits per heavy atom. The van der Waals surface area contributed by atoms with Crippen LogP contribution in [-0.4, -0.2) is 25.7 Å². The monoisotopic (exact) mass is 330 g/mol. The van der Waals surface area contributed by atoms with E-state index in [1.165, 1.54) is 7.05 Å². The Hall–Kier alpha value is -1.34. The van der Waals surface area contributed by atoms with Crippen LogP contribution in [0.15, 0.2) is 40.5 Å². The number of anilines is 1. The van der Waals surface area contributed by atoms with Gasteiger partial charge in [-0.2, -0.15) is 12.7 Å². The zero-order chi connectivity index (χ0) is 13.5. The minimum atomic E-state index is -3.86. The first kappa shape index (κ1) is 13.1. The maximum Gasteiger partial charge on any atom is 0.332 e. The van der Waals surface area contributed by atoms with Crippen LogP contribution in [0.1, 0.15) is 6.92 Å². The molecule has 0 radical (unpaired) electrons. The molecule has 1 aromatic carbocycles. The van der Waals surface area contributed by atoms with Crippen molar-refractivity contribution in [3.63, 3.8) is 0 Å². The molecule has 0 saturated heterocycles. The summed E-state index contributed by atoms with van der Waals surface area (Å²) in [6, 6.07) is 8.26. The number of amides is 1. The summed E-state index contributed by atoms with van der Waals surface area (Å²) in [6.07, 6.45) is 0. The van der Waals surface area contributed by atoms with Gasteiger partial charge in [-0.3, -0.25) is 9.10 Å². The molecule has 0 bridgehead atoms. The lowest BCUT2D eigenvalue weighted by Gasteiger charge is -2.33. The number of allylic oxidation sites excluding steroid dienone is 1. The van der Waals surface area contributed by atoms with Crippen LogP contribution in [0.4, 0.5) is 5.69 Å². The van der Waals surface area contributed by atoms with Crippen LogP contribution < -0.4 is 4.31 Å². The van der Waals surface area contributed by atoms with Gasteiger partial charge < -0.3 is 0 Å². The normalized spacial score (nSPS) is 19.4. The zero-order valence-corrected chi connectivity index (χ0v) is 12.2. The van der Waals surface area contributed by atoms with Gasteiger partial charge in [-0.1, -0.05) is 18.2 Å². The van der Waals surface area contributed by atoms with Crippen LogP contribution in [-0.2, 0) is 15.0 Å². The van der Waals surface area contributed by atoms with Crippen molar-refractivity contribution in [2.24, 2.45) is 0 Å². The van der Waals surface area contributed by atoms with Crippen LogP contribution in [0.2, 0.25) is 0 Å². The van der Waals surface area contributed by atoms with E-state index >= 15 is 0 Å². The molecule has 18 heavy (non-hydrogen) atoms. The lowest BCUT2D eigenvalue weighted by Crippen LogP contribution is -2.49. The molecule has 1 aromatic rings. The highest BCUT2D eigenvalue weighted by Crippen LogP contribution is 2.32. The van der Waals surface area contributed by atoms with Gasteiger partial charge in [0.25, 0.3) is 5.91 Å². The molecule has 0 fully saturated rings. The summed E-state index contributed by atoms with van der Waals surface area (Å²) in [6.45, 7) is 1.57. The first-order valence-corrected chi connectivity index (χ1v) is 7.31. The Bertz CT molecular complexity index is 625. The van der Waals surface area contributed by atoms with E-state index in [1.807, 2.05) is 0 Å². The van der Waals surface area contributed by atoms with Crippen LogP contribution in [0.5, 0.6) is 0 Å². The van der Waals surface area contributed by atoms with Crippen molar-refractivity contribution in [1.82, 2.24) is 4.31 Å². The van der Waals surface area contributed by atoms with Gasteiger partial charge in [0.15, 0.2) is 0 Å². The molecular weight excluding hydrogens is 320 g/mol. The standard InChI is InChI=1S/C11H11BrN2O3S/c1-8-10(12)11(15)14(18(16,17)13(8)2)9-6-4-3-5-7-9/h3-7H,1-2H3. The van der Waals surface area contributed by atoms with E-state index in [2.05, 4.69) is 15.9 Å². The van der Waals surface area contributed by atoms with Gasteiger partial charge in [0.05, 0.1) is 5.69 Å². The van der Waals surface area contributed by atoms with Crippen molar-refractivity contribution in [1.29, 1.82) is 0 Å². The van der Waals surface area contributed by atoms with Gasteiger partial charge in [0.1, 0.15) is 4.48 Å². The molecular formula is C11H11BrN2O3S. The highest BCUT2D eigenvalue weighted by molar-refractivity contribution is 9.12. The molecule has 0 aliphatic carbocycles. The Labute approximate surface area is 114 Å². The van der Waals surface area contributed by atoms with Crippen LogP contribution >= 0.6 is 15.9 Å². The van der Waals surface area contributed by atoms with Crippen molar-refractivity contribution in [2.75, 3.05) is 11.4 Å². The average molecular weight is 331 g/mol. The fourth-order valence-electron chi connectivity index (χ4n) is 1.60. The second kappa shape index (κ2) is 4.40. The average Bonchev–Trinajstić information content (AvgIpc) is 2.35. The van der Waals surface area contributed by atoms with Gasteiger partial charge in [0, 0.05) is 12.7 Å². The third-order valence-corrected chi connectivity index (χ3v) is 5.45. The molecule has 0 aromatic heterocycles. The molecule has 0 spiro atoms. The number of nitrogens with zero attached hydrogens (tertiary/aromatic N) is 2. The second-order valence-corrected chi connectivity index (χ2v) is 6.38. The number of hydrogen-bond donors (Lipinski definition) is 0. The lowest BCUT2D eigenvalue weighted by atomic mass is 10.3. The Kier molecular flexibility index (Phi) is 3.20. The Balaban J connectivity index is 2.65. The molecule has 7 heteroatoms. The minimum Gasteiger partial charge on any atom is -0.267 e. The zero-order valence-electron chi connectivity index (χ0n) is 9.79. The maximum absolute atomic E-state index is 12.3. The molecule has 0 saturated carbocycles. The summed E-state index contributed by atoms with van der Waals surface area (Å²) in [7, 11) is -2.45. The summed E-state index contributed by atoms with van der Waals surface area (Å²) in [5.74, 6) is -0.586. The fourth-order valence-corrected chi connectivity index (χ4v) is 3.65. The van der Waals surface area contributed by atoms with Crippen molar-refractivity contribution < 1.29 is 13.2 Å². The number of hydrogen-bond acceptors (Lipinski definition) is 3. The highest BCUT2D eigenvalue weighted by Gasteiger charge is 2.40. The van der Waals surface area contributed by atoms with E-state index < -0.39 is 16.1 Å². The van der Waals surface area contributed by atoms with Crippen LogP contribution in [0.3, 0.4) is 0 Å². The molecule has 1 amide bonds. The van der Waals surface area contributed by atoms with E-state index in [4.69, 9.17) is 0 Å². The predicted molar refractivity (Wildman–Crippen MR) is 72.2 cm³/mol. The van der Waals surface area contributed by atoms with E-state index in [0.717, 1.165) is 8.61 Å². The molecule has 2 rings (SSSR count). The minimum absolute atomic E-state index is 0.240. The van der Waals surface area contributed by atoms with Gasteiger partial charge in [-0.05, 0) is 35.0 Å². The van der Waals surface area contributed by atoms with E-state index in [9.17, 15) is 13.2 Å². The molecule has 5 nitrogen and oxygen atoms in total. The SMILES string of the molecule is CC1=C(Br)C(=O)N(c2ccccc2)S(=O)(=O)N1C. The van der Waals surface area contributed by atoms with Crippen molar-refractivity contribution in [3.8, 4) is 0 Å². The maximum atomic E-state index is 12.3. The first-order chi connectivity index (χ1) is 8.37. The quantitative estimate of drug-likeness (QED) is 0.789. The molecule has 96 valence electrons. The van der Waals surface area contributed by atoms with Gasteiger partial charge in [-0.25, -0.2) is 0 Å². The third-order valence-electron chi connectivity index (χ3n) is 2.73. The van der Waals surface area contributed by atoms with Crippen molar-refractivity contribution >= 4 is 37.7 Å². The van der Waals surface area contributed by atoms with E-state index in [-0.39, 0.29) is 4.48 Å². The van der Waals surface area contributed by atoms with Crippen LogP contribution in [0.25, 0.3) is 0 Å². The van der Waals surface area contributed by atoms with Gasteiger partial charge in [0.2, 0.25) is 0 Å². The molecule has 1 heterocycles. The molecule has 0 atom stereocenters. The van der Waals surface area contributed by atoms with Crippen LogP contribution in [0, 0.1) is 0 Å². The van der Waals surface area contributed by atoms with Crippen molar-refractivity contribution in [2.45, 2.75) is 6.92 Å². The Morgan fingerprint density at radius 2 is 1.72 bits per heavy atom. The summed E-state index contributed by atoms with van der Waals surface area (Å²) in [4.78, 5) is 12.1. The van der Waals surface area contributed by atoms with Crippen molar-refractivity contribution in [3.05, 3.63) is 40.5 Å². The largest absolute Gasteiger partial charge is 0.332 e. The fraction of sp³-hybridized carbons (Fsp3) is 0.182. The highest BCUT2D eigenvalue weighted by atomic mass is 79.9. The number of para-hydroxylation sites is 1. The summed E-state index contributed by atoms with van der Waals surface area (Å²) in [5.41, 5.74) is 0.686. The Morgan fingerprint density at radius 1 is 1.17 bits per heavy atom. The number of halogens is 1. The summed E-state index contributed by atoms with van der Waals surface area (Å²) < 4.78 is 26.6. The number of carbonyl (C=O) groups is 1. The second-order valence-electron chi connectivity index (χ2n) is 3.78. The van der Waals surface area contributed by atoms with E-state index in [1.54, 1.807) is 37.3 Å². The number of benzene rings is 1. The number of rotatable bonds is 1. The molecule has 1 aliphatic rings. The lowest BCUT2D eigenvalue weighted by molar-refractivity contribution is -0.113. The smallest absolute Gasteiger partial charge is 0.267 e. The number of carbonyl (C=O) groups excluding carboxylic acids is 1. The molecule has 0 N–H and O–H groups in total. The predicted octanol–water partition coefficient (Wildman–Crippen LogP) is 1.84. The summed E-state index contributed by atoms with van der Waals surface area (Å²) >= 11 is 3.13.